The van der Waals surface area contributed by atoms with Gasteiger partial charge in [0.25, 0.3) is 0 Å². The van der Waals surface area contributed by atoms with E-state index < -0.39 is 0 Å². The van der Waals surface area contributed by atoms with Gasteiger partial charge in [0.1, 0.15) is 0 Å². The zero-order chi connectivity index (χ0) is 14.7. The molecule has 0 aliphatic carbocycles. The second-order valence-electron chi connectivity index (χ2n) is 6.22. The molecule has 2 N–H and O–H groups in total. The topological polar surface area (TPSA) is 49.6 Å². The highest BCUT2D eigenvalue weighted by atomic mass is 16.2. The number of nitrogens with two attached hydrogens (primary N) is 1. The van der Waals surface area contributed by atoms with Gasteiger partial charge in [-0.1, -0.05) is 24.6 Å². The predicted octanol–water partition coefficient (Wildman–Crippen LogP) is 1.90. The number of carbonyl (C=O) groups excluding carboxylic acids is 1. The first-order valence-electron chi connectivity index (χ1n) is 8.09. The lowest BCUT2D eigenvalue weighted by Crippen LogP contribution is -2.56. The van der Waals surface area contributed by atoms with Crippen LogP contribution >= 0.6 is 0 Å². The number of fused-ring (bicyclic) bond motifs is 1. The number of hydrogen-bond donors (Lipinski definition) is 1. The maximum absolute atomic E-state index is 12.4. The molecule has 4 heteroatoms. The van der Waals surface area contributed by atoms with Crippen molar-refractivity contribution in [2.75, 3.05) is 31.9 Å². The highest BCUT2D eigenvalue weighted by Gasteiger charge is 2.30. The summed E-state index contributed by atoms with van der Waals surface area (Å²) in [6, 6.07) is 8.43. The van der Waals surface area contributed by atoms with E-state index in [0.717, 1.165) is 37.3 Å². The average molecular weight is 287 g/mol. The van der Waals surface area contributed by atoms with Gasteiger partial charge in [-0.3, -0.25) is 9.69 Å². The smallest absolute Gasteiger partial charge is 0.222 e. The van der Waals surface area contributed by atoms with Crippen molar-refractivity contribution in [3.05, 3.63) is 29.8 Å². The number of piperazine rings is 1. The van der Waals surface area contributed by atoms with Gasteiger partial charge in [-0.15, -0.1) is 0 Å². The molecule has 1 aromatic carbocycles. The van der Waals surface area contributed by atoms with Crippen LogP contribution in [0.15, 0.2) is 24.3 Å². The molecule has 0 bridgehead atoms. The van der Waals surface area contributed by atoms with Crippen LogP contribution in [0.5, 0.6) is 0 Å². The monoisotopic (exact) mass is 287 g/mol. The number of anilines is 1. The van der Waals surface area contributed by atoms with Gasteiger partial charge in [0.05, 0.1) is 0 Å². The lowest BCUT2D eigenvalue weighted by atomic mass is 9.99. The van der Waals surface area contributed by atoms with Crippen molar-refractivity contribution in [2.24, 2.45) is 0 Å². The highest BCUT2D eigenvalue weighted by molar-refractivity contribution is 5.77. The Morgan fingerprint density at radius 2 is 2.05 bits per heavy atom. The minimum atomic E-state index is 0.281. The van der Waals surface area contributed by atoms with Crippen LogP contribution in [-0.2, 0) is 11.2 Å². The second kappa shape index (κ2) is 6.48. The summed E-state index contributed by atoms with van der Waals surface area (Å²) in [6.45, 7) is 4.07. The number of amides is 1. The Hall–Kier alpha value is -1.55. The maximum Gasteiger partial charge on any atom is 0.222 e. The first-order chi connectivity index (χ1) is 10.2. The van der Waals surface area contributed by atoms with Crippen molar-refractivity contribution < 1.29 is 4.79 Å². The van der Waals surface area contributed by atoms with Gasteiger partial charge >= 0.3 is 0 Å². The standard InChI is InChI=1S/C17H25N3O/c18-16-7-2-1-5-14(16)8-9-17(21)20-12-11-19-10-4-3-6-15(19)13-20/h1-2,5,7,15H,3-4,6,8-13,18H2. The molecule has 2 heterocycles. The minimum Gasteiger partial charge on any atom is -0.399 e. The van der Waals surface area contributed by atoms with Gasteiger partial charge < -0.3 is 10.6 Å². The molecule has 0 radical (unpaired) electrons. The molecule has 21 heavy (non-hydrogen) atoms. The quantitative estimate of drug-likeness (QED) is 0.864. The Balaban J connectivity index is 1.53. The Morgan fingerprint density at radius 1 is 1.19 bits per heavy atom. The number of nitrogens with zero attached hydrogens (tertiary/aromatic N) is 2. The molecule has 0 saturated carbocycles. The third kappa shape index (κ3) is 3.38. The van der Waals surface area contributed by atoms with Crippen molar-refractivity contribution in [1.82, 2.24) is 9.80 Å². The molecule has 1 amide bonds. The zero-order valence-electron chi connectivity index (χ0n) is 12.6. The van der Waals surface area contributed by atoms with Crippen LogP contribution in [0, 0.1) is 0 Å². The molecule has 1 aromatic rings. The molecule has 2 saturated heterocycles. The van der Waals surface area contributed by atoms with E-state index in [1.54, 1.807) is 0 Å². The normalized spacial score (nSPS) is 22.9. The number of para-hydroxylation sites is 1. The molecule has 2 aliphatic heterocycles. The number of aryl methyl sites for hydroxylation is 1. The SMILES string of the molecule is Nc1ccccc1CCC(=O)N1CCN2CCCCC2C1. The van der Waals surface area contributed by atoms with Gasteiger partial charge in [-0.05, 0) is 37.4 Å². The fourth-order valence-corrected chi connectivity index (χ4v) is 3.54. The number of nitrogen functional groups attached to an aromatic ring is 1. The summed E-state index contributed by atoms with van der Waals surface area (Å²) in [5.41, 5.74) is 7.82. The molecule has 2 aliphatic rings. The van der Waals surface area contributed by atoms with Crippen LogP contribution < -0.4 is 5.73 Å². The maximum atomic E-state index is 12.4. The van der Waals surface area contributed by atoms with Gasteiger partial charge in [-0.2, -0.15) is 0 Å². The molecule has 2 fully saturated rings. The molecule has 1 atom stereocenters. The van der Waals surface area contributed by atoms with E-state index in [1.165, 1.54) is 25.8 Å². The lowest BCUT2D eigenvalue weighted by molar-refractivity contribution is -0.134. The first-order valence-corrected chi connectivity index (χ1v) is 8.09. The van der Waals surface area contributed by atoms with Gasteiger partial charge in [0, 0.05) is 37.8 Å². The van der Waals surface area contributed by atoms with E-state index >= 15 is 0 Å². The van der Waals surface area contributed by atoms with Crippen LogP contribution in [0.1, 0.15) is 31.2 Å². The first kappa shape index (κ1) is 14.4. The second-order valence-corrected chi connectivity index (χ2v) is 6.22. The van der Waals surface area contributed by atoms with E-state index in [9.17, 15) is 4.79 Å². The van der Waals surface area contributed by atoms with Crippen LogP contribution in [0.25, 0.3) is 0 Å². The summed E-state index contributed by atoms with van der Waals surface area (Å²) in [7, 11) is 0. The van der Waals surface area contributed by atoms with E-state index in [1.807, 2.05) is 24.3 Å². The van der Waals surface area contributed by atoms with Crippen LogP contribution in [0.2, 0.25) is 0 Å². The van der Waals surface area contributed by atoms with E-state index in [4.69, 9.17) is 5.73 Å². The molecule has 0 aromatic heterocycles. The summed E-state index contributed by atoms with van der Waals surface area (Å²) < 4.78 is 0. The Labute approximate surface area is 126 Å². The van der Waals surface area contributed by atoms with Crippen LogP contribution in [-0.4, -0.2) is 47.9 Å². The van der Waals surface area contributed by atoms with Crippen molar-refractivity contribution in [1.29, 1.82) is 0 Å². The van der Waals surface area contributed by atoms with Gasteiger partial charge in [-0.25, -0.2) is 0 Å². The number of carbonyl (C=O) groups is 1. The Bertz CT molecular complexity index is 503. The highest BCUT2D eigenvalue weighted by Crippen LogP contribution is 2.22. The van der Waals surface area contributed by atoms with Crippen LogP contribution in [0.4, 0.5) is 5.69 Å². The van der Waals surface area contributed by atoms with E-state index in [-0.39, 0.29) is 5.91 Å². The zero-order valence-corrected chi connectivity index (χ0v) is 12.6. The molecule has 114 valence electrons. The fraction of sp³-hybridized carbons (Fsp3) is 0.588. The van der Waals surface area contributed by atoms with Crippen molar-refractivity contribution in [2.45, 2.75) is 38.1 Å². The molecule has 4 nitrogen and oxygen atoms in total. The number of rotatable bonds is 3. The van der Waals surface area contributed by atoms with Gasteiger partial charge in [0.15, 0.2) is 0 Å². The molecule has 0 spiro atoms. The van der Waals surface area contributed by atoms with E-state index in [0.29, 0.717) is 12.5 Å². The van der Waals surface area contributed by atoms with Crippen molar-refractivity contribution in [3.8, 4) is 0 Å². The Kier molecular flexibility index (Phi) is 4.44. The number of piperidine rings is 1. The Morgan fingerprint density at radius 3 is 2.90 bits per heavy atom. The number of benzene rings is 1. The molecule has 3 rings (SSSR count). The predicted molar refractivity (Wildman–Crippen MR) is 85.0 cm³/mol. The molecule has 1 unspecified atom stereocenters. The summed E-state index contributed by atoms with van der Waals surface area (Å²) >= 11 is 0. The summed E-state index contributed by atoms with van der Waals surface area (Å²) in [4.78, 5) is 17.0. The van der Waals surface area contributed by atoms with Crippen LogP contribution in [0.3, 0.4) is 0 Å². The summed E-state index contributed by atoms with van der Waals surface area (Å²) in [6.07, 6.45) is 5.19. The minimum absolute atomic E-state index is 0.281. The van der Waals surface area contributed by atoms with Crippen molar-refractivity contribution in [3.63, 3.8) is 0 Å². The van der Waals surface area contributed by atoms with Gasteiger partial charge in [0.2, 0.25) is 5.91 Å². The largest absolute Gasteiger partial charge is 0.399 e. The summed E-state index contributed by atoms with van der Waals surface area (Å²) in [5, 5.41) is 0. The van der Waals surface area contributed by atoms with Crippen molar-refractivity contribution >= 4 is 11.6 Å². The summed E-state index contributed by atoms with van der Waals surface area (Å²) in [5.74, 6) is 0.281. The van der Waals surface area contributed by atoms with E-state index in [2.05, 4.69) is 9.80 Å². The lowest BCUT2D eigenvalue weighted by Gasteiger charge is -2.44. The number of hydrogen-bond acceptors (Lipinski definition) is 3. The molecular weight excluding hydrogens is 262 g/mol. The molecular formula is C17H25N3O. The third-order valence-corrected chi connectivity index (χ3v) is 4.85. The average Bonchev–Trinajstić information content (AvgIpc) is 2.53. The fourth-order valence-electron chi connectivity index (χ4n) is 3.54. The third-order valence-electron chi connectivity index (χ3n) is 4.85.